The van der Waals surface area contributed by atoms with E-state index in [0.29, 0.717) is 19.6 Å². The van der Waals surface area contributed by atoms with Crippen molar-refractivity contribution in [2.24, 2.45) is 0 Å². The molecule has 2 aromatic carbocycles. The Morgan fingerprint density at radius 3 is 2.24 bits per heavy atom. The molecule has 29 heavy (non-hydrogen) atoms. The van der Waals surface area contributed by atoms with E-state index in [1.54, 1.807) is 13.8 Å². The Morgan fingerprint density at radius 1 is 1.03 bits per heavy atom. The van der Waals surface area contributed by atoms with Crippen LogP contribution in [0, 0.1) is 5.82 Å². The Morgan fingerprint density at radius 2 is 1.66 bits per heavy atom. The van der Waals surface area contributed by atoms with Gasteiger partial charge in [-0.05, 0) is 43.4 Å². The largest absolute Gasteiger partial charge is 0.348 e. The van der Waals surface area contributed by atoms with Crippen LogP contribution in [0.2, 0.25) is 0 Å². The molecule has 0 saturated carbocycles. The second-order valence-corrected chi connectivity index (χ2v) is 8.86. The van der Waals surface area contributed by atoms with Gasteiger partial charge in [0.05, 0.1) is 10.5 Å². The minimum absolute atomic E-state index is 0.0965. The van der Waals surface area contributed by atoms with Crippen molar-refractivity contribution < 1.29 is 17.6 Å². The van der Waals surface area contributed by atoms with Crippen LogP contribution >= 0.6 is 0 Å². The lowest BCUT2D eigenvalue weighted by atomic mass is 10.1. The number of nitrogens with one attached hydrogen (secondary N) is 1. The Kier molecular flexibility index (Phi) is 7.89. The van der Waals surface area contributed by atoms with Crippen LogP contribution in [0.3, 0.4) is 0 Å². The maximum atomic E-state index is 14.3. The lowest BCUT2D eigenvalue weighted by Crippen LogP contribution is -2.31. The number of carbonyl (C=O) groups is 1. The molecule has 0 unspecified atom stereocenters. The number of amides is 1. The predicted octanol–water partition coefficient (Wildman–Crippen LogP) is 2.85. The van der Waals surface area contributed by atoms with Crippen LogP contribution in [-0.4, -0.2) is 50.7 Å². The summed E-state index contributed by atoms with van der Waals surface area (Å²) in [4.78, 5) is 14.5. The number of rotatable bonds is 9. The van der Waals surface area contributed by atoms with E-state index in [2.05, 4.69) is 5.32 Å². The topological polar surface area (TPSA) is 69.7 Å². The van der Waals surface area contributed by atoms with Gasteiger partial charge in [0.1, 0.15) is 5.82 Å². The Bertz CT molecular complexity index is 957. The predicted molar refractivity (Wildman–Crippen MR) is 112 cm³/mol. The van der Waals surface area contributed by atoms with Gasteiger partial charge in [0.25, 0.3) is 5.91 Å². The minimum Gasteiger partial charge on any atom is -0.348 e. The number of halogens is 1. The molecule has 8 heteroatoms. The van der Waals surface area contributed by atoms with Crippen molar-refractivity contribution in [3.8, 4) is 0 Å². The summed E-state index contributed by atoms with van der Waals surface area (Å²) in [7, 11) is 0.122. The lowest BCUT2D eigenvalue weighted by Gasteiger charge is -2.19. The fourth-order valence-electron chi connectivity index (χ4n) is 3.05. The van der Waals surface area contributed by atoms with E-state index in [0.717, 1.165) is 23.3 Å². The Hall–Kier alpha value is -2.29. The van der Waals surface area contributed by atoms with Crippen molar-refractivity contribution in [1.29, 1.82) is 0 Å². The number of hydrogen-bond donors (Lipinski definition) is 1. The van der Waals surface area contributed by atoms with E-state index >= 15 is 0 Å². The molecule has 0 saturated heterocycles. The molecule has 0 radical (unpaired) electrons. The summed E-state index contributed by atoms with van der Waals surface area (Å²) in [5, 5.41) is 2.70. The molecule has 0 spiro atoms. The van der Waals surface area contributed by atoms with E-state index in [1.807, 2.05) is 43.3 Å². The van der Waals surface area contributed by atoms with Crippen LogP contribution in [0.1, 0.15) is 35.3 Å². The second-order valence-electron chi connectivity index (χ2n) is 6.92. The summed E-state index contributed by atoms with van der Waals surface area (Å²) in [5.41, 5.74) is 1.68. The molecule has 0 aromatic heterocycles. The molecule has 0 aliphatic carbocycles. The van der Waals surface area contributed by atoms with Crippen LogP contribution in [0.15, 0.2) is 47.4 Å². The number of sulfonamides is 1. The van der Waals surface area contributed by atoms with Gasteiger partial charge in [-0.3, -0.25) is 4.79 Å². The summed E-state index contributed by atoms with van der Waals surface area (Å²) in [5.74, 6) is -1.42. The van der Waals surface area contributed by atoms with Crippen LogP contribution in [0.25, 0.3) is 0 Å². The van der Waals surface area contributed by atoms with Gasteiger partial charge in [0, 0.05) is 26.2 Å². The maximum Gasteiger partial charge on any atom is 0.254 e. The normalized spacial score (nSPS) is 11.8. The van der Waals surface area contributed by atoms with Crippen molar-refractivity contribution in [3.05, 3.63) is 65.0 Å². The fourth-order valence-corrected chi connectivity index (χ4v) is 4.53. The smallest absolute Gasteiger partial charge is 0.254 e. The van der Waals surface area contributed by atoms with Gasteiger partial charge in [-0.2, -0.15) is 4.31 Å². The van der Waals surface area contributed by atoms with E-state index in [1.165, 1.54) is 10.4 Å². The summed E-state index contributed by atoms with van der Waals surface area (Å²) < 4.78 is 40.9. The molecule has 0 fully saturated rings. The molecule has 1 amide bonds. The van der Waals surface area contributed by atoms with Crippen LogP contribution in [-0.2, 0) is 23.1 Å². The zero-order chi connectivity index (χ0) is 21.6. The summed E-state index contributed by atoms with van der Waals surface area (Å²) in [6.07, 6.45) is 0. The quantitative estimate of drug-likeness (QED) is 0.676. The van der Waals surface area contributed by atoms with Crippen LogP contribution in [0.4, 0.5) is 4.39 Å². The Labute approximate surface area is 172 Å². The molecule has 0 aliphatic heterocycles. The van der Waals surface area contributed by atoms with E-state index in [4.69, 9.17) is 0 Å². The highest BCUT2D eigenvalue weighted by Crippen LogP contribution is 2.19. The molecule has 2 rings (SSSR count). The van der Waals surface area contributed by atoms with Gasteiger partial charge >= 0.3 is 0 Å². The fraction of sp³-hybridized carbons (Fsp3) is 0.381. The first-order valence-electron chi connectivity index (χ1n) is 9.50. The molecule has 1 N–H and O–H groups in total. The monoisotopic (exact) mass is 421 g/mol. The summed E-state index contributed by atoms with van der Waals surface area (Å²) in [6.45, 7) is 4.96. The van der Waals surface area contributed by atoms with Crippen LogP contribution in [0.5, 0.6) is 0 Å². The molecule has 0 atom stereocenters. The zero-order valence-electron chi connectivity index (χ0n) is 17.3. The van der Waals surface area contributed by atoms with Crippen LogP contribution < -0.4 is 5.32 Å². The van der Waals surface area contributed by atoms with Gasteiger partial charge in [-0.15, -0.1) is 0 Å². The van der Waals surface area contributed by atoms with Gasteiger partial charge in [-0.25, -0.2) is 12.8 Å². The molecular formula is C21H28FN3O3S. The number of hydrogen-bond acceptors (Lipinski definition) is 4. The van der Waals surface area contributed by atoms with Crippen molar-refractivity contribution in [1.82, 2.24) is 14.5 Å². The minimum atomic E-state index is -3.78. The molecule has 0 heterocycles. The van der Waals surface area contributed by atoms with Gasteiger partial charge < -0.3 is 10.2 Å². The van der Waals surface area contributed by atoms with Gasteiger partial charge in [0.2, 0.25) is 10.0 Å². The highest BCUT2D eigenvalue weighted by Gasteiger charge is 2.24. The van der Waals surface area contributed by atoms with Crippen molar-refractivity contribution in [2.45, 2.75) is 31.8 Å². The molecule has 158 valence electrons. The Balaban J connectivity index is 2.24. The lowest BCUT2D eigenvalue weighted by molar-refractivity contribution is 0.0946. The molecular weight excluding hydrogens is 393 g/mol. The second kappa shape index (κ2) is 9.96. The molecule has 2 aromatic rings. The van der Waals surface area contributed by atoms with Gasteiger partial charge in [0.15, 0.2) is 0 Å². The highest BCUT2D eigenvalue weighted by atomic mass is 32.2. The van der Waals surface area contributed by atoms with Crippen molar-refractivity contribution in [3.63, 3.8) is 0 Å². The molecule has 0 aliphatic rings. The standard InChI is InChI=1S/C21H28FN3O3S/c1-5-25(6-2)29(27,28)18-11-12-20(22)19(13-18)21(26)23-14-16-9-7-8-10-17(16)15-24(3)4/h7-13H,5-6,14-15H2,1-4H3,(H,23,26). The zero-order valence-corrected chi connectivity index (χ0v) is 18.1. The third-order valence-corrected chi connectivity index (χ3v) is 6.62. The van der Waals surface area contributed by atoms with E-state index in [9.17, 15) is 17.6 Å². The third kappa shape index (κ3) is 5.62. The van der Waals surface area contributed by atoms with Crippen molar-refractivity contribution >= 4 is 15.9 Å². The van der Waals surface area contributed by atoms with E-state index in [-0.39, 0.29) is 17.0 Å². The first-order valence-corrected chi connectivity index (χ1v) is 10.9. The van der Waals surface area contributed by atoms with Gasteiger partial charge in [-0.1, -0.05) is 38.1 Å². The highest BCUT2D eigenvalue weighted by molar-refractivity contribution is 7.89. The first-order chi connectivity index (χ1) is 13.7. The maximum absolute atomic E-state index is 14.3. The number of benzene rings is 2. The number of nitrogens with zero attached hydrogens (tertiary/aromatic N) is 2. The molecule has 0 bridgehead atoms. The first kappa shape index (κ1) is 23.0. The summed E-state index contributed by atoms with van der Waals surface area (Å²) in [6, 6.07) is 11.0. The van der Waals surface area contributed by atoms with E-state index < -0.39 is 21.7 Å². The summed E-state index contributed by atoms with van der Waals surface area (Å²) >= 11 is 0. The van der Waals surface area contributed by atoms with Crippen molar-refractivity contribution in [2.75, 3.05) is 27.2 Å². The SMILES string of the molecule is CCN(CC)S(=O)(=O)c1ccc(F)c(C(=O)NCc2ccccc2CN(C)C)c1. The molecule has 6 nitrogen and oxygen atoms in total. The third-order valence-electron chi connectivity index (χ3n) is 4.57. The number of carbonyl (C=O) groups excluding carboxylic acids is 1. The average molecular weight is 422 g/mol. The average Bonchev–Trinajstić information content (AvgIpc) is 2.67.